The second-order valence-corrected chi connectivity index (χ2v) is 4.54. The first-order chi connectivity index (χ1) is 9.81. The fraction of sp³-hybridized carbons (Fsp3) is 0.125. The first-order valence-corrected chi connectivity index (χ1v) is 6.56. The minimum absolute atomic E-state index is 0.846. The zero-order valence-corrected chi connectivity index (χ0v) is 11.5. The van der Waals surface area contributed by atoms with E-state index in [1.807, 2.05) is 50.4 Å². The number of hydrogen-bond acceptors (Lipinski definition) is 3. The molecule has 0 aliphatic rings. The van der Waals surface area contributed by atoms with Gasteiger partial charge in [-0.25, -0.2) is 0 Å². The quantitative estimate of drug-likeness (QED) is 0.789. The van der Waals surface area contributed by atoms with E-state index in [9.17, 15) is 0 Å². The average molecular weight is 264 g/mol. The van der Waals surface area contributed by atoms with Crippen LogP contribution in [-0.2, 0) is 0 Å². The fourth-order valence-electron chi connectivity index (χ4n) is 2.32. The summed E-state index contributed by atoms with van der Waals surface area (Å²) in [5.41, 5.74) is 3.15. The maximum Gasteiger partial charge on any atom is 0.170 e. The Balaban J connectivity index is 2.22. The molecule has 2 aromatic carbocycles. The molecule has 0 aliphatic carbocycles. The number of aromatic nitrogens is 3. The number of anilines is 1. The zero-order chi connectivity index (χ0) is 13.9. The minimum Gasteiger partial charge on any atom is -0.388 e. The second-order valence-electron chi connectivity index (χ2n) is 4.54. The lowest BCUT2D eigenvalue weighted by Gasteiger charge is -2.11. The summed E-state index contributed by atoms with van der Waals surface area (Å²) < 4.78 is 2.07. The summed E-state index contributed by atoms with van der Waals surface area (Å²) in [5.74, 6) is 1.72. The highest BCUT2D eigenvalue weighted by molar-refractivity contribution is 5.74. The fourth-order valence-corrected chi connectivity index (χ4v) is 2.32. The normalized spacial score (nSPS) is 10.5. The number of nitrogens with one attached hydrogen (secondary N) is 1. The van der Waals surface area contributed by atoms with Crippen molar-refractivity contribution in [2.45, 2.75) is 6.92 Å². The van der Waals surface area contributed by atoms with Crippen LogP contribution in [0.3, 0.4) is 0 Å². The van der Waals surface area contributed by atoms with Gasteiger partial charge < -0.3 is 5.32 Å². The molecule has 3 rings (SSSR count). The molecule has 1 N–H and O–H groups in total. The van der Waals surface area contributed by atoms with Gasteiger partial charge in [0.2, 0.25) is 0 Å². The van der Waals surface area contributed by atoms with E-state index in [2.05, 4.69) is 38.3 Å². The third-order valence-corrected chi connectivity index (χ3v) is 3.28. The van der Waals surface area contributed by atoms with Crippen molar-refractivity contribution in [3.8, 4) is 17.1 Å². The summed E-state index contributed by atoms with van der Waals surface area (Å²) in [6, 6.07) is 18.3. The molecule has 0 radical (unpaired) electrons. The molecule has 0 fully saturated rings. The Labute approximate surface area is 118 Å². The van der Waals surface area contributed by atoms with Crippen molar-refractivity contribution in [1.29, 1.82) is 0 Å². The van der Waals surface area contributed by atoms with Crippen LogP contribution in [0.4, 0.5) is 5.69 Å². The van der Waals surface area contributed by atoms with Crippen LogP contribution in [0.5, 0.6) is 0 Å². The van der Waals surface area contributed by atoms with Crippen LogP contribution in [0, 0.1) is 6.92 Å². The van der Waals surface area contributed by atoms with Gasteiger partial charge in [0.1, 0.15) is 5.82 Å². The number of rotatable bonds is 3. The molecule has 0 spiro atoms. The standard InChI is InChI=1S/C16H16N4/c1-12-18-19-16(14-10-6-7-11-15(14)17-2)20(12)13-8-4-3-5-9-13/h3-11,17H,1-2H3. The topological polar surface area (TPSA) is 42.7 Å². The Morgan fingerprint density at radius 2 is 1.60 bits per heavy atom. The van der Waals surface area contributed by atoms with Gasteiger partial charge in [0, 0.05) is 24.0 Å². The molecule has 0 atom stereocenters. The first-order valence-electron chi connectivity index (χ1n) is 6.56. The van der Waals surface area contributed by atoms with Gasteiger partial charge in [0.25, 0.3) is 0 Å². The molecule has 1 heterocycles. The van der Waals surface area contributed by atoms with Gasteiger partial charge in [0.05, 0.1) is 0 Å². The molecule has 1 aromatic heterocycles. The smallest absolute Gasteiger partial charge is 0.170 e. The van der Waals surface area contributed by atoms with E-state index in [0.29, 0.717) is 0 Å². The summed E-state index contributed by atoms with van der Waals surface area (Å²) in [6.45, 7) is 1.96. The van der Waals surface area contributed by atoms with Crippen LogP contribution in [0.2, 0.25) is 0 Å². The Morgan fingerprint density at radius 3 is 2.35 bits per heavy atom. The van der Waals surface area contributed by atoms with Gasteiger partial charge in [-0.2, -0.15) is 0 Å². The van der Waals surface area contributed by atoms with E-state index in [1.54, 1.807) is 0 Å². The maximum absolute atomic E-state index is 4.34. The van der Waals surface area contributed by atoms with E-state index in [0.717, 1.165) is 28.6 Å². The lowest BCUT2D eigenvalue weighted by molar-refractivity contribution is 0.972. The molecule has 0 saturated heterocycles. The summed E-state index contributed by atoms with van der Waals surface area (Å²) in [6.07, 6.45) is 0. The zero-order valence-electron chi connectivity index (χ0n) is 11.5. The summed E-state index contributed by atoms with van der Waals surface area (Å²) >= 11 is 0. The first kappa shape index (κ1) is 12.4. The Kier molecular flexibility index (Phi) is 3.21. The third kappa shape index (κ3) is 2.05. The monoisotopic (exact) mass is 264 g/mol. The Morgan fingerprint density at radius 1 is 0.900 bits per heavy atom. The summed E-state index contributed by atoms with van der Waals surface area (Å²) in [7, 11) is 1.91. The molecular formula is C16H16N4. The van der Waals surface area contributed by atoms with Crippen LogP contribution in [0.1, 0.15) is 5.82 Å². The van der Waals surface area contributed by atoms with Crippen molar-refractivity contribution in [3.05, 3.63) is 60.4 Å². The number of benzene rings is 2. The molecular weight excluding hydrogens is 248 g/mol. The van der Waals surface area contributed by atoms with Crippen molar-refractivity contribution in [2.75, 3.05) is 12.4 Å². The van der Waals surface area contributed by atoms with Crippen molar-refractivity contribution in [2.24, 2.45) is 0 Å². The second kappa shape index (κ2) is 5.17. The van der Waals surface area contributed by atoms with Gasteiger partial charge in [-0.1, -0.05) is 30.3 Å². The predicted molar refractivity (Wildman–Crippen MR) is 81.1 cm³/mol. The van der Waals surface area contributed by atoms with E-state index in [4.69, 9.17) is 0 Å². The molecule has 100 valence electrons. The van der Waals surface area contributed by atoms with Gasteiger partial charge >= 0.3 is 0 Å². The number of para-hydroxylation sites is 2. The van der Waals surface area contributed by atoms with E-state index in [-0.39, 0.29) is 0 Å². The molecule has 4 heteroatoms. The molecule has 0 saturated carbocycles. The van der Waals surface area contributed by atoms with Crippen molar-refractivity contribution in [1.82, 2.24) is 14.8 Å². The maximum atomic E-state index is 4.34. The highest BCUT2D eigenvalue weighted by atomic mass is 15.3. The minimum atomic E-state index is 0.846. The van der Waals surface area contributed by atoms with Crippen molar-refractivity contribution in [3.63, 3.8) is 0 Å². The third-order valence-electron chi connectivity index (χ3n) is 3.28. The molecule has 20 heavy (non-hydrogen) atoms. The molecule has 0 aliphatic heterocycles. The Hall–Kier alpha value is -2.62. The molecule has 4 nitrogen and oxygen atoms in total. The van der Waals surface area contributed by atoms with Crippen LogP contribution in [0.15, 0.2) is 54.6 Å². The molecule has 0 amide bonds. The molecule has 0 bridgehead atoms. The number of hydrogen-bond donors (Lipinski definition) is 1. The van der Waals surface area contributed by atoms with E-state index < -0.39 is 0 Å². The van der Waals surface area contributed by atoms with Gasteiger partial charge in [-0.05, 0) is 31.2 Å². The summed E-state index contributed by atoms with van der Waals surface area (Å²) in [4.78, 5) is 0. The van der Waals surface area contributed by atoms with Crippen molar-refractivity contribution < 1.29 is 0 Å². The lowest BCUT2D eigenvalue weighted by atomic mass is 10.1. The van der Waals surface area contributed by atoms with Crippen LogP contribution < -0.4 is 5.32 Å². The van der Waals surface area contributed by atoms with Gasteiger partial charge in [0.15, 0.2) is 5.82 Å². The Bertz CT molecular complexity index is 716. The van der Waals surface area contributed by atoms with Crippen LogP contribution in [0.25, 0.3) is 17.1 Å². The highest BCUT2D eigenvalue weighted by Crippen LogP contribution is 2.28. The van der Waals surface area contributed by atoms with Gasteiger partial charge in [-0.15, -0.1) is 10.2 Å². The van der Waals surface area contributed by atoms with E-state index in [1.165, 1.54) is 0 Å². The molecule has 3 aromatic rings. The lowest BCUT2D eigenvalue weighted by Crippen LogP contribution is -2.01. The number of aryl methyl sites for hydroxylation is 1. The SMILES string of the molecule is CNc1ccccc1-c1nnc(C)n1-c1ccccc1. The largest absolute Gasteiger partial charge is 0.388 e. The van der Waals surface area contributed by atoms with Crippen LogP contribution in [-0.4, -0.2) is 21.8 Å². The van der Waals surface area contributed by atoms with Crippen molar-refractivity contribution >= 4 is 5.69 Å². The highest BCUT2D eigenvalue weighted by Gasteiger charge is 2.14. The average Bonchev–Trinajstić information content (AvgIpc) is 2.89. The molecule has 0 unspecified atom stereocenters. The predicted octanol–water partition coefficient (Wildman–Crippen LogP) is 3.28. The van der Waals surface area contributed by atoms with Gasteiger partial charge in [-0.3, -0.25) is 4.57 Å². The van der Waals surface area contributed by atoms with E-state index >= 15 is 0 Å². The summed E-state index contributed by atoms with van der Waals surface area (Å²) in [5, 5.41) is 11.8. The number of nitrogens with zero attached hydrogens (tertiary/aromatic N) is 3. The van der Waals surface area contributed by atoms with Crippen LogP contribution >= 0.6 is 0 Å².